The fourth-order valence-corrected chi connectivity index (χ4v) is 2.81. The molecule has 1 aliphatic heterocycles. The summed E-state index contributed by atoms with van der Waals surface area (Å²) in [5.41, 5.74) is 1.23. The highest BCUT2D eigenvalue weighted by Gasteiger charge is 2.18. The van der Waals surface area contributed by atoms with Gasteiger partial charge < -0.3 is 15.0 Å². The lowest BCUT2D eigenvalue weighted by Gasteiger charge is -2.24. The number of halogens is 2. The molecule has 1 N–H and O–H groups in total. The zero-order valence-electron chi connectivity index (χ0n) is 13.2. The van der Waals surface area contributed by atoms with Crippen LogP contribution < -0.4 is 5.32 Å². The molecule has 22 heavy (non-hydrogen) atoms. The van der Waals surface area contributed by atoms with Crippen molar-refractivity contribution in [3.8, 4) is 0 Å². The van der Waals surface area contributed by atoms with Crippen LogP contribution in [-0.4, -0.2) is 51.3 Å². The highest BCUT2D eigenvalue weighted by atomic mass is 127. The maximum Gasteiger partial charge on any atom is 0.193 e. The van der Waals surface area contributed by atoms with Gasteiger partial charge in [0.2, 0.25) is 0 Å². The van der Waals surface area contributed by atoms with E-state index in [1.807, 2.05) is 25.2 Å². The van der Waals surface area contributed by atoms with Crippen molar-refractivity contribution in [3.05, 3.63) is 34.9 Å². The fourth-order valence-electron chi connectivity index (χ4n) is 2.60. The number of nitrogens with one attached hydrogen (secondary N) is 1. The van der Waals surface area contributed by atoms with Gasteiger partial charge in [-0.3, -0.25) is 4.99 Å². The topological polar surface area (TPSA) is 36.9 Å². The first-order valence-electron chi connectivity index (χ1n) is 7.43. The number of guanidine groups is 1. The average molecular weight is 438 g/mol. The number of hydrogen-bond donors (Lipinski definition) is 1. The van der Waals surface area contributed by atoms with Gasteiger partial charge >= 0.3 is 0 Å². The molecule has 0 bridgehead atoms. The molecule has 1 aromatic carbocycles. The van der Waals surface area contributed by atoms with Crippen molar-refractivity contribution >= 4 is 41.5 Å². The lowest BCUT2D eigenvalue weighted by molar-refractivity contribution is 0.181. The molecule has 1 unspecified atom stereocenters. The molecule has 124 valence electrons. The Kier molecular flexibility index (Phi) is 9.12. The lowest BCUT2D eigenvalue weighted by atomic mass is 10.1. The summed E-state index contributed by atoms with van der Waals surface area (Å²) in [6.45, 7) is 3.58. The first kappa shape index (κ1) is 19.5. The lowest BCUT2D eigenvalue weighted by Crippen LogP contribution is -2.42. The van der Waals surface area contributed by atoms with Crippen molar-refractivity contribution in [3.63, 3.8) is 0 Å². The van der Waals surface area contributed by atoms with Crippen molar-refractivity contribution in [2.24, 2.45) is 10.9 Å². The summed E-state index contributed by atoms with van der Waals surface area (Å²) < 4.78 is 5.42. The second kappa shape index (κ2) is 10.3. The fraction of sp³-hybridized carbons (Fsp3) is 0.562. The summed E-state index contributed by atoms with van der Waals surface area (Å²) in [4.78, 5) is 6.52. The molecule has 1 aromatic rings. The Morgan fingerprint density at radius 2 is 2.32 bits per heavy atom. The van der Waals surface area contributed by atoms with Crippen LogP contribution in [0.5, 0.6) is 0 Å². The van der Waals surface area contributed by atoms with Crippen molar-refractivity contribution < 1.29 is 4.74 Å². The first-order valence-corrected chi connectivity index (χ1v) is 7.81. The van der Waals surface area contributed by atoms with Crippen LogP contribution >= 0.6 is 35.6 Å². The second-order valence-corrected chi connectivity index (χ2v) is 5.90. The Hall–Kier alpha value is -0.530. The highest BCUT2D eigenvalue weighted by molar-refractivity contribution is 14.0. The molecular formula is C16H25ClIN3O. The monoisotopic (exact) mass is 437 g/mol. The van der Waals surface area contributed by atoms with Crippen LogP contribution in [-0.2, 0) is 11.2 Å². The van der Waals surface area contributed by atoms with E-state index in [0.29, 0.717) is 5.92 Å². The Morgan fingerprint density at radius 3 is 2.95 bits per heavy atom. The van der Waals surface area contributed by atoms with Crippen molar-refractivity contribution in [2.45, 2.75) is 12.8 Å². The van der Waals surface area contributed by atoms with Crippen LogP contribution in [0.2, 0.25) is 5.02 Å². The van der Waals surface area contributed by atoms with Gasteiger partial charge in [0, 0.05) is 44.7 Å². The summed E-state index contributed by atoms with van der Waals surface area (Å²) in [5.74, 6) is 1.55. The number of hydrogen-bond acceptors (Lipinski definition) is 2. The van der Waals surface area contributed by atoms with Gasteiger partial charge in [0.05, 0.1) is 6.61 Å². The smallest absolute Gasteiger partial charge is 0.193 e. The molecule has 0 amide bonds. The largest absolute Gasteiger partial charge is 0.381 e. The maximum atomic E-state index is 5.99. The third-order valence-corrected chi connectivity index (χ3v) is 3.95. The minimum atomic E-state index is 0. The molecular weight excluding hydrogens is 413 g/mol. The van der Waals surface area contributed by atoms with E-state index in [4.69, 9.17) is 16.3 Å². The molecule has 1 heterocycles. The Balaban J connectivity index is 0.00000242. The molecule has 2 rings (SSSR count). The molecule has 0 saturated carbocycles. The molecule has 0 aromatic heterocycles. The Bertz CT molecular complexity index is 478. The third-order valence-electron chi connectivity index (χ3n) is 3.72. The van der Waals surface area contributed by atoms with Gasteiger partial charge in [-0.05, 0) is 30.5 Å². The molecule has 0 spiro atoms. The number of rotatable bonds is 5. The van der Waals surface area contributed by atoms with E-state index in [2.05, 4.69) is 28.3 Å². The van der Waals surface area contributed by atoms with Gasteiger partial charge in [0.15, 0.2) is 5.96 Å². The number of aliphatic imine (C=N–C) groups is 1. The van der Waals surface area contributed by atoms with E-state index in [1.54, 1.807) is 0 Å². The van der Waals surface area contributed by atoms with Crippen LogP contribution in [0.1, 0.15) is 12.0 Å². The predicted octanol–water partition coefficient (Wildman–Crippen LogP) is 3.04. The molecule has 1 saturated heterocycles. The Morgan fingerprint density at radius 1 is 1.50 bits per heavy atom. The van der Waals surface area contributed by atoms with E-state index in [0.717, 1.165) is 50.1 Å². The molecule has 4 nitrogen and oxygen atoms in total. The van der Waals surface area contributed by atoms with E-state index in [9.17, 15) is 0 Å². The molecule has 1 fully saturated rings. The van der Waals surface area contributed by atoms with Gasteiger partial charge in [-0.1, -0.05) is 23.7 Å². The minimum Gasteiger partial charge on any atom is -0.381 e. The summed E-state index contributed by atoms with van der Waals surface area (Å²) in [7, 11) is 3.90. The van der Waals surface area contributed by atoms with Gasteiger partial charge in [0.1, 0.15) is 0 Å². The van der Waals surface area contributed by atoms with Crippen LogP contribution in [0, 0.1) is 5.92 Å². The SMILES string of the molecule is CN=C(NCCc1cccc(Cl)c1)N(C)CC1CCOC1.I. The van der Waals surface area contributed by atoms with Gasteiger partial charge in [-0.2, -0.15) is 0 Å². The number of ether oxygens (including phenoxy) is 1. The molecule has 1 aliphatic rings. The summed E-state index contributed by atoms with van der Waals surface area (Å²) >= 11 is 5.99. The van der Waals surface area contributed by atoms with Crippen LogP contribution in [0.25, 0.3) is 0 Å². The van der Waals surface area contributed by atoms with Crippen molar-refractivity contribution in [1.29, 1.82) is 0 Å². The summed E-state index contributed by atoms with van der Waals surface area (Å²) in [5, 5.41) is 4.19. The maximum absolute atomic E-state index is 5.99. The predicted molar refractivity (Wildman–Crippen MR) is 103 cm³/mol. The van der Waals surface area contributed by atoms with E-state index < -0.39 is 0 Å². The Labute approximate surface area is 155 Å². The normalized spacial score (nSPS) is 18.0. The molecule has 1 atom stereocenters. The van der Waals surface area contributed by atoms with Gasteiger partial charge in [-0.25, -0.2) is 0 Å². The highest BCUT2D eigenvalue weighted by Crippen LogP contribution is 2.13. The van der Waals surface area contributed by atoms with Crippen LogP contribution in [0.3, 0.4) is 0 Å². The molecule has 6 heteroatoms. The quantitative estimate of drug-likeness (QED) is 0.437. The van der Waals surface area contributed by atoms with E-state index in [1.165, 1.54) is 5.56 Å². The number of nitrogens with zero attached hydrogens (tertiary/aromatic N) is 2. The minimum absolute atomic E-state index is 0. The molecule has 0 aliphatic carbocycles. The zero-order valence-corrected chi connectivity index (χ0v) is 16.3. The first-order chi connectivity index (χ1) is 10.2. The third kappa shape index (κ3) is 6.30. The second-order valence-electron chi connectivity index (χ2n) is 5.46. The van der Waals surface area contributed by atoms with E-state index in [-0.39, 0.29) is 24.0 Å². The average Bonchev–Trinajstić information content (AvgIpc) is 2.96. The molecule has 0 radical (unpaired) electrons. The zero-order chi connectivity index (χ0) is 15.1. The van der Waals surface area contributed by atoms with Gasteiger partial charge in [-0.15, -0.1) is 24.0 Å². The van der Waals surface area contributed by atoms with Crippen molar-refractivity contribution in [1.82, 2.24) is 10.2 Å². The standard InChI is InChI=1S/C16H24ClN3O.HI/c1-18-16(20(2)11-14-7-9-21-12-14)19-8-6-13-4-3-5-15(17)10-13;/h3-5,10,14H,6-9,11-12H2,1-2H3,(H,18,19);1H. The number of benzene rings is 1. The van der Waals surface area contributed by atoms with Crippen molar-refractivity contribution in [2.75, 3.05) is 40.4 Å². The van der Waals surface area contributed by atoms with Crippen LogP contribution in [0.15, 0.2) is 29.3 Å². The summed E-state index contributed by atoms with van der Waals surface area (Å²) in [6.07, 6.45) is 2.07. The van der Waals surface area contributed by atoms with E-state index >= 15 is 0 Å². The van der Waals surface area contributed by atoms with Gasteiger partial charge in [0.25, 0.3) is 0 Å². The van der Waals surface area contributed by atoms with Crippen LogP contribution in [0.4, 0.5) is 0 Å². The summed E-state index contributed by atoms with van der Waals surface area (Å²) in [6, 6.07) is 7.98.